The Kier molecular flexibility index (Phi) is 2.40. The third kappa shape index (κ3) is 1.65. The van der Waals surface area contributed by atoms with Crippen molar-refractivity contribution in [2.75, 3.05) is 5.32 Å². The number of hydrogen-bond acceptors (Lipinski definition) is 3. The van der Waals surface area contributed by atoms with E-state index in [0.717, 1.165) is 0 Å². The van der Waals surface area contributed by atoms with Crippen molar-refractivity contribution in [1.29, 1.82) is 0 Å². The largest absolute Gasteiger partial charge is 0.326 e. The van der Waals surface area contributed by atoms with Crippen LogP contribution in [0.4, 0.5) is 5.69 Å². The Morgan fingerprint density at radius 1 is 1.19 bits per heavy atom. The van der Waals surface area contributed by atoms with Crippen molar-refractivity contribution in [3.05, 3.63) is 35.4 Å². The Labute approximate surface area is 92.0 Å². The molecule has 1 N–H and O–H groups in total. The fraction of sp³-hybridized carbons (Fsp3) is 0.0833. The maximum atomic E-state index is 11.7. The van der Waals surface area contributed by atoms with Crippen LogP contribution in [-0.4, -0.2) is 17.5 Å². The van der Waals surface area contributed by atoms with E-state index in [2.05, 4.69) is 5.32 Å². The number of fused-ring (bicyclic) bond motifs is 1. The van der Waals surface area contributed by atoms with Gasteiger partial charge in [0.05, 0.1) is 11.3 Å². The van der Waals surface area contributed by atoms with Crippen molar-refractivity contribution in [3.63, 3.8) is 0 Å². The predicted octanol–water partition coefficient (Wildman–Crippen LogP) is 1.42. The summed E-state index contributed by atoms with van der Waals surface area (Å²) in [4.78, 5) is 33.9. The van der Waals surface area contributed by atoms with Gasteiger partial charge in [-0.05, 0) is 17.7 Å². The molecule has 0 bridgehead atoms. The first-order chi connectivity index (χ1) is 7.59. The minimum absolute atomic E-state index is 0.269. The number of ketones is 2. The first kappa shape index (κ1) is 10.3. The molecule has 0 spiro atoms. The second-order valence-electron chi connectivity index (χ2n) is 3.48. The number of anilines is 1. The molecule has 1 aromatic rings. The smallest absolute Gasteiger partial charge is 0.235 e. The molecule has 0 saturated heterocycles. The average molecular weight is 215 g/mol. The molecule has 1 aromatic carbocycles. The average Bonchev–Trinajstić information content (AvgIpc) is 2.23. The van der Waals surface area contributed by atoms with Gasteiger partial charge in [0.25, 0.3) is 0 Å². The van der Waals surface area contributed by atoms with Gasteiger partial charge in [-0.2, -0.15) is 0 Å². The van der Waals surface area contributed by atoms with Crippen LogP contribution in [0, 0.1) is 0 Å². The molecule has 0 aromatic heterocycles. The Balaban J connectivity index is 2.58. The molecular weight excluding hydrogens is 206 g/mol. The van der Waals surface area contributed by atoms with Crippen LogP contribution in [0.15, 0.2) is 24.3 Å². The van der Waals surface area contributed by atoms with Crippen LogP contribution in [0.2, 0.25) is 0 Å². The Hall–Kier alpha value is -2.23. The van der Waals surface area contributed by atoms with E-state index >= 15 is 0 Å². The topological polar surface area (TPSA) is 63.2 Å². The van der Waals surface area contributed by atoms with E-state index in [1.54, 1.807) is 24.3 Å². The standard InChI is InChI=1S/C12H9NO3/c1-7(14)13-9-4-2-3-8-5-6-10(15)12(16)11(8)9/h2-6H,1H3,(H,13,14). The zero-order chi connectivity index (χ0) is 11.7. The summed E-state index contributed by atoms with van der Waals surface area (Å²) < 4.78 is 0. The molecule has 1 aliphatic carbocycles. The van der Waals surface area contributed by atoms with Crippen LogP contribution < -0.4 is 5.32 Å². The Morgan fingerprint density at radius 2 is 1.94 bits per heavy atom. The van der Waals surface area contributed by atoms with Gasteiger partial charge in [-0.15, -0.1) is 0 Å². The third-order valence-corrected chi connectivity index (χ3v) is 2.27. The van der Waals surface area contributed by atoms with Crippen molar-refractivity contribution >= 4 is 29.2 Å². The molecule has 1 amide bonds. The Bertz CT molecular complexity index is 529. The van der Waals surface area contributed by atoms with E-state index < -0.39 is 11.6 Å². The van der Waals surface area contributed by atoms with E-state index in [0.29, 0.717) is 11.3 Å². The Morgan fingerprint density at radius 3 is 2.62 bits per heavy atom. The molecular formula is C12H9NO3. The van der Waals surface area contributed by atoms with Crippen molar-refractivity contribution in [2.45, 2.75) is 6.92 Å². The van der Waals surface area contributed by atoms with Crippen LogP contribution in [0.25, 0.3) is 6.08 Å². The van der Waals surface area contributed by atoms with Gasteiger partial charge in [0, 0.05) is 6.92 Å². The lowest BCUT2D eigenvalue weighted by Crippen LogP contribution is -2.19. The number of carbonyl (C=O) groups excluding carboxylic acids is 3. The van der Waals surface area contributed by atoms with Crippen LogP contribution in [0.3, 0.4) is 0 Å². The number of allylic oxidation sites excluding steroid dienone is 1. The van der Waals surface area contributed by atoms with Crippen molar-refractivity contribution in [1.82, 2.24) is 0 Å². The van der Waals surface area contributed by atoms with Crippen molar-refractivity contribution < 1.29 is 14.4 Å². The molecule has 0 atom stereocenters. The maximum absolute atomic E-state index is 11.7. The molecule has 0 aliphatic heterocycles. The molecule has 4 nitrogen and oxygen atoms in total. The molecule has 0 radical (unpaired) electrons. The summed E-state index contributed by atoms with van der Waals surface area (Å²) in [5.41, 5.74) is 1.30. The van der Waals surface area contributed by atoms with E-state index in [9.17, 15) is 14.4 Å². The van der Waals surface area contributed by atoms with Crippen LogP contribution in [0.5, 0.6) is 0 Å². The third-order valence-electron chi connectivity index (χ3n) is 2.27. The number of benzene rings is 1. The number of amides is 1. The van der Waals surface area contributed by atoms with E-state index in [1.807, 2.05) is 0 Å². The summed E-state index contributed by atoms with van der Waals surface area (Å²) in [6.45, 7) is 1.35. The molecule has 0 saturated carbocycles. The lowest BCUT2D eigenvalue weighted by molar-refractivity contribution is -0.114. The highest BCUT2D eigenvalue weighted by Gasteiger charge is 2.24. The highest BCUT2D eigenvalue weighted by atomic mass is 16.2. The zero-order valence-corrected chi connectivity index (χ0v) is 8.61. The quantitative estimate of drug-likeness (QED) is 0.720. The summed E-state index contributed by atoms with van der Waals surface area (Å²) in [5.74, 6) is -1.42. The molecule has 80 valence electrons. The number of Topliss-reactive ketones (excluding diaryl/α,β-unsaturated/α-hetero) is 1. The first-order valence-corrected chi connectivity index (χ1v) is 4.77. The first-order valence-electron chi connectivity index (χ1n) is 4.77. The van der Waals surface area contributed by atoms with Crippen LogP contribution in [0.1, 0.15) is 22.8 Å². The van der Waals surface area contributed by atoms with Gasteiger partial charge in [0.2, 0.25) is 17.5 Å². The van der Waals surface area contributed by atoms with Gasteiger partial charge in [0.1, 0.15) is 0 Å². The molecule has 0 unspecified atom stereocenters. The van der Waals surface area contributed by atoms with Gasteiger partial charge in [-0.25, -0.2) is 0 Å². The summed E-state index contributed by atoms with van der Waals surface area (Å²) >= 11 is 0. The SMILES string of the molecule is CC(=O)Nc1cccc2c1C(=O)C(=O)C=C2. The van der Waals surface area contributed by atoms with Gasteiger partial charge >= 0.3 is 0 Å². The van der Waals surface area contributed by atoms with Crippen LogP contribution >= 0.6 is 0 Å². The molecule has 2 rings (SSSR count). The van der Waals surface area contributed by atoms with Crippen LogP contribution in [-0.2, 0) is 9.59 Å². The number of carbonyl (C=O) groups is 3. The summed E-state index contributed by atoms with van der Waals surface area (Å²) in [6, 6.07) is 5.05. The monoisotopic (exact) mass is 215 g/mol. The van der Waals surface area contributed by atoms with E-state index in [1.165, 1.54) is 13.0 Å². The lowest BCUT2D eigenvalue weighted by Gasteiger charge is -2.13. The van der Waals surface area contributed by atoms with Crippen molar-refractivity contribution in [3.8, 4) is 0 Å². The van der Waals surface area contributed by atoms with E-state index in [-0.39, 0.29) is 11.5 Å². The lowest BCUT2D eigenvalue weighted by atomic mass is 9.94. The number of rotatable bonds is 1. The molecule has 4 heteroatoms. The minimum Gasteiger partial charge on any atom is -0.326 e. The van der Waals surface area contributed by atoms with Gasteiger partial charge < -0.3 is 5.32 Å². The zero-order valence-electron chi connectivity index (χ0n) is 8.61. The van der Waals surface area contributed by atoms with Gasteiger partial charge in [-0.1, -0.05) is 18.2 Å². The number of hydrogen-bond donors (Lipinski definition) is 1. The fourth-order valence-electron chi connectivity index (χ4n) is 1.62. The highest BCUT2D eigenvalue weighted by Crippen LogP contribution is 2.25. The highest BCUT2D eigenvalue weighted by molar-refractivity contribution is 6.51. The summed E-state index contributed by atoms with van der Waals surface area (Å²) in [5, 5.41) is 2.54. The second kappa shape index (κ2) is 3.73. The fourth-order valence-corrected chi connectivity index (χ4v) is 1.62. The van der Waals surface area contributed by atoms with E-state index in [4.69, 9.17) is 0 Å². The molecule has 0 heterocycles. The van der Waals surface area contributed by atoms with Gasteiger partial charge in [0.15, 0.2) is 0 Å². The molecule has 16 heavy (non-hydrogen) atoms. The summed E-state index contributed by atoms with van der Waals surface area (Å²) in [7, 11) is 0. The minimum atomic E-state index is -0.582. The molecule has 1 aliphatic rings. The number of nitrogens with one attached hydrogen (secondary N) is 1. The normalized spacial score (nSPS) is 13.6. The predicted molar refractivity (Wildman–Crippen MR) is 59.1 cm³/mol. The van der Waals surface area contributed by atoms with Crippen molar-refractivity contribution in [2.24, 2.45) is 0 Å². The second-order valence-corrected chi connectivity index (χ2v) is 3.48. The summed E-state index contributed by atoms with van der Waals surface area (Å²) in [6.07, 6.45) is 2.81. The van der Waals surface area contributed by atoms with Gasteiger partial charge in [-0.3, -0.25) is 14.4 Å². The molecule has 0 fully saturated rings. The maximum Gasteiger partial charge on any atom is 0.235 e.